The molecule has 0 aromatic heterocycles. The van der Waals surface area contributed by atoms with Crippen LogP contribution in [0.1, 0.15) is 31.7 Å². The lowest BCUT2D eigenvalue weighted by Crippen LogP contribution is -2.47. The number of nitrogens with zero attached hydrogens (tertiary/aromatic N) is 1. The van der Waals surface area contributed by atoms with E-state index in [2.05, 4.69) is 4.90 Å². The minimum Gasteiger partial charge on any atom is -0.492 e. The Kier molecular flexibility index (Phi) is 6.05. The van der Waals surface area contributed by atoms with Crippen LogP contribution in [0.5, 0.6) is 5.75 Å². The van der Waals surface area contributed by atoms with Crippen LogP contribution in [0.3, 0.4) is 0 Å². The largest absolute Gasteiger partial charge is 0.492 e. The third-order valence-corrected chi connectivity index (χ3v) is 3.81. The number of esters is 1. The summed E-state index contributed by atoms with van der Waals surface area (Å²) >= 11 is 0. The smallest absolute Gasteiger partial charge is 0.323 e. The molecule has 1 saturated heterocycles. The molecule has 4 nitrogen and oxygen atoms in total. The highest BCUT2D eigenvalue weighted by Crippen LogP contribution is 2.18. The highest BCUT2D eigenvalue weighted by molar-refractivity contribution is 5.75. The van der Waals surface area contributed by atoms with Crippen LogP contribution in [-0.2, 0) is 9.53 Å². The molecule has 1 aromatic carbocycles. The fraction of sp³-hybridized carbons (Fsp3) is 0.588. The zero-order valence-electron chi connectivity index (χ0n) is 13.0. The number of piperidine rings is 1. The van der Waals surface area contributed by atoms with E-state index in [-0.39, 0.29) is 12.0 Å². The molecule has 2 rings (SSSR count). The van der Waals surface area contributed by atoms with Crippen molar-refractivity contribution in [3.05, 3.63) is 29.8 Å². The first-order valence-corrected chi connectivity index (χ1v) is 7.81. The number of aryl methyl sites for hydroxylation is 1. The molecular formula is C17H25NO3. The van der Waals surface area contributed by atoms with E-state index in [1.807, 2.05) is 38.1 Å². The Morgan fingerprint density at radius 3 is 3.00 bits per heavy atom. The molecule has 4 heteroatoms. The van der Waals surface area contributed by atoms with E-state index in [0.717, 1.165) is 38.1 Å². The highest BCUT2D eigenvalue weighted by Gasteiger charge is 2.29. The van der Waals surface area contributed by atoms with E-state index in [1.54, 1.807) is 0 Å². The summed E-state index contributed by atoms with van der Waals surface area (Å²) in [5.41, 5.74) is 1.19. The summed E-state index contributed by atoms with van der Waals surface area (Å²) in [5.74, 6) is 0.799. The average molecular weight is 291 g/mol. The standard InChI is InChI=1S/C17H25NO3/c1-3-20-17(19)16-9-4-5-10-18(16)11-12-21-15-8-6-7-14(2)13-15/h6-8,13,16H,3-5,9-12H2,1-2H3. The summed E-state index contributed by atoms with van der Waals surface area (Å²) < 4.78 is 11.0. The van der Waals surface area contributed by atoms with Crippen LogP contribution in [0.15, 0.2) is 24.3 Å². The first-order valence-electron chi connectivity index (χ1n) is 7.81. The fourth-order valence-corrected chi connectivity index (χ4v) is 2.75. The van der Waals surface area contributed by atoms with Crippen LogP contribution in [0.4, 0.5) is 0 Å². The number of hydrogen-bond acceptors (Lipinski definition) is 4. The van der Waals surface area contributed by atoms with Gasteiger partial charge in [0.25, 0.3) is 0 Å². The van der Waals surface area contributed by atoms with Gasteiger partial charge in [0.15, 0.2) is 0 Å². The summed E-state index contributed by atoms with van der Waals surface area (Å²) in [4.78, 5) is 14.2. The number of likely N-dealkylation sites (tertiary alicyclic amines) is 1. The van der Waals surface area contributed by atoms with Crippen molar-refractivity contribution in [2.24, 2.45) is 0 Å². The van der Waals surface area contributed by atoms with Crippen LogP contribution in [-0.4, -0.2) is 43.2 Å². The van der Waals surface area contributed by atoms with Gasteiger partial charge in [-0.2, -0.15) is 0 Å². The molecule has 1 aromatic rings. The SMILES string of the molecule is CCOC(=O)C1CCCCN1CCOc1cccc(C)c1. The van der Waals surface area contributed by atoms with Gasteiger partial charge >= 0.3 is 5.97 Å². The summed E-state index contributed by atoms with van der Waals surface area (Å²) in [7, 11) is 0. The van der Waals surface area contributed by atoms with E-state index in [9.17, 15) is 4.79 Å². The van der Waals surface area contributed by atoms with Gasteiger partial charge in [-0.15, -0.1) is 0 Å². The van der Waals surface area contributed by atoms with Crippen molar-refractivity contribution in [3.63, 3.8) is 0 Å². The van der Waals surface area contributed by atoms with Crippen molar-refractivity contribution >= 4 is 5.97 Å². The van der Waals surface area contributed by atoms with Gasteiger partial charge in [0.05, 0.1) is 6.61 Å². The Morgan fingerprint density at radius 1 is 1.38 bits per heavy atom. The first kappa shape index (κ1) is 15.8. The number of benzene rings is 1. The topological polar surface area (TPSA) is 38.8 Å². The van der Waals surface area contributed by atoms with Crippen molar-refractivity contribution in [2.75, 3.05) is 26.3 Å². The first-order chi connectivity index (χ1) is 10.2. The molecule has 0 saturated carbocycles. The van der Waals surface area contributed by atoms with Crippen molar-refractivity contribution < 1.29 is 14.3 Å². The number of carbonyl (C=O) groups is 1. The second-order valence-electron chi connectivity index (χ2n) is 5.46. The number of ether oxygens (including phenoxy) is 2. The lowest BCUT2D eigenvalue weighted by atomic mass is 10.0. The maximum Gasteiger partial charge on any atom is 0.323 e. The van der Waals surface area contributed by atoms with Crippen LogP contribution in [0, 0.1) is 6.92 Å². The summed E-state index contributed by atoms with van der Waals surface area (Å²) in [5, 5.41) is 0. The Bertz CT molecular complexity index is 461. The van der Waals surface area contributed by atoms with Gasteiger partial charge in [-0.1, -0.05) is 18.6 Å². The molecule has 1 unspecified atom stereocenters. The lowest BCUT2D eigenvalue weighted by Gasteiger charge is -2.33. The molecule has 0 radical (unpaired) electrons. The van der Waals surface area contributed by atoms with Crippen molar-refractivity contribution in [3.8, 4) is 5.75 Å². The monoisotopic (exact) mass is 291 g/mol. The quantitative estimate of drug-likeness (QED) is 0.756. The molecular weight excluding hydrogens is 266 g/mol. The minimum atomic E-state index is -0.0974. The Hall–Kier alpha value is -1.55. The number of carbonyl (C=O) groups excluding carboxylic acids is 1. The molecule has 1 aliphatic heterocycles. The molecule has 0 spiro atoms. The third-order valence-electron chi connectivity index (χ3n) is 3.81. The molecule has 0 aliphatic carbocycles. The third kappa shape index (κ3) is 4.74. The maximum absolute atomic E-state index is 12.0. The van der Waals surface area contributed by atoms with Crippen LogP contribution < -0.4 is 4.74 Å². The van der Waals surface area contributed by atoms with Crippen molar-refractivity contribution in [2.45, 2.75) is 39.2 Å². The van der Waals surface area contributed by atoms with E-state index < -0.39 is 0 Å². The van der Waals surface area contributed by atoms with Gasteiger partial charge in [-0.25, -0.2) is 0 Å². The van der Waals surface area contributed by atoms with Gasteiger partial charge in [0, 0.05) is 6.54 Å². The molecule has 21 heavy (non-hydrogen) atoms. The summed E-state index contributed by atoms with van der Waals surface area (Å²) in [6.07, 6.45) is 3.13. The Balaban J connectivity index is 1.83. The molecule has 1 heterocycles. The van der Waals surface area contributed by atoms with Gasteiger partial charge in [0.1, 0.15) is 18.4 Å². The fourth-order valence-electron chi connectivity index (χ4n) is 2.75. The second kappa shape index (κ2) is 8.03. The number of rotatable bonds is 6. The normalized spacial score (nSPS) is 19.2. The summed E-state index contributed by atoms with van der Waals surface area (Å²) in [6, 6.07) is 7.94. The molecule has 0 bridgehead atoms. The summed E-state index contributed by atoms with van der Waals surface area (Å²) in [6.45, 7) is 6.65. The predicted octanol–water partition coefficient (Wildman–Crippen LogP) is 2.79. The van der Waals surface area contributed by atoms with E-state index in [4.69, 9.17) is 9.47 Å². The zero-order valence-corrected chi connectivity index (χ0v) is 13.0. The van der Waals surface area contributed by atoms with Crippen LogP contribution in [0.25, 0.3) is 0 Å². The Labute approximate surface area is 127 Å². The van der Waals surface area contributed by atoms with Gasteiger partial charge in [0.2, 0.25) is 0 Å². The predicted molar refractivity (Wildman–Crippen MR) is 82.5 cm³/mol. The van der Waals surface area contributed by atoms with E-state index in [1.165, 1.54) is 5.56 Å². The van der Waals surface area contributed by atoms with Gasteiger partial charge in [-0.05, 0) is 50.9 Å². The van der Waals surface area contributed by atoms with Crippen molar-refractivity contribution in [1.82, 2.24) is 4.90 Å². The van der Waals surface area contributed by atoms with E-state index in [0.29, 0.717) is 13.2 Å². The molecule has 1 fully saturated rings. The van der Waals surface area contributed by atoms with Crippen molar-refractivity contribution in [1.29, 1.82) is 0 Å². The molecule has 116 valence electrons. The zero-order chi connectivity index (χ0) is 15.1. The second-order valence-corrected chi connectivity index (χ2v) is 5.46. The molecule has 0 amide bonds. The highest BCUT2D eigenvalue weighted by atomic mass is 16.5. The number of hydrogen-bond donors (Lipinski definition) is 0. The van der Waals surface area contributed by atoms with Gasteiger partial charge in [-0.3, -0.25) is 9.69 Å². The van der Waals surface area contributed by atoms with Crippen LogP contribution >= 0.6 is 0 Å². The van der Waals surface area contributed by atoms with Crippen LogP contribution in [0.2, 0.25) is 0 Å². The molecule has 0 N–H and O–H groups in total. The average Bonchev–Trinajstić information content (AvgIpc) is 2.48. The maximum atomic E-state index is 12.0. The molecule has 1 atom stereocenters. The van der Waals surface area contributed by atoms with Gasteiger partial charge < -0.3 is 9.47 Å². The Morgan fingerprint density at radius 2 is 2.24 bits per heavy atom. The molecule has 1 aliphatic rings. The lowest BCUT2D eigenvalue weighted by molar-refractivity contribution is -0.151. The minimum absolute atomic E-state index is 0.0900. The van der Waals surface area contributed by atoms with E-state index >= 15 is 0 Å².